The molecular weight excluding hydrogens is 342 g/mol. The van der Waals surface area contributed by atoms with Crippen molar-refractivity contribution in [3.8, 4) is 0 Å². The lowest BCUT2D eigenvalue weighted by Gasteiger charge is -2.39. The van der Waals surface area contributed by atoms with Gasteiger partial charge in [-0.15, -0.1) is 0 Å². The van der Waals surface area contributed by atoms with E-state index in [1.54, 1.807) is 60.7 Å². The summed E-state index contributed by atoms with van der Waals surface area (Å²) < 4.78 is 51.2. The second-order valence-corrected chi connectivity index (χ2v) is 8.17. The summed E-state index contributed by atoms with van der Waals surface area (Å²) in [6, 6.07) is 17.3. The molecule has 0 saturated carbocycles. The maximum atomic E-state index is 12.6. The van der Waals surface area contributed by atoms with Crippen LogP contribution < -0.4 is 0 Å². The van der Waals surface area contributed by atoms with Crippen LogP contribution in [0.1, 0.15) is 23.7 Å². The van der Waals surface area contributed by atoms with E-state index in [-0.39, 0.29) is 0 Å². The molecule has 0 aliphatic carbocycles. The van der Waals surface area contributed by atoms with Gasteiger partial charge in [-0.25, -0.2) is 9.13 Å². The number of fused-ring (bicyclic) bond motifs is 2. The van der Waals surface area contributed by atoms with Crippen molar-refractivity contribution in [3.63, 3.8) is 0 Å². The number of benzene rings is 2. The SMILES string of the molecule is O=P12OC(c3ccccc3)OP(=O)(OC(c3ccccc3)O1)O2. The smallest absolute Gasteiger partial charge is 0.251 e. The molecule has 0 aromatic heterocycles. The Hall–Kier alpha value is -1.30. The fourth-order valence-electron chi connectivity index (χ4n) is 2.22. The van der Waals surface area contributed by atoms with Crippen molar-refractivity contribution in [1.29, 1.82) is 0 Å². The Kier molecular flexibility index (Phi) is 3.75. The fourth-order valence-corrected chi connectivity index (χ4v) is 5.65. The molecule has 7 nitrogen and oxygen atoms in total. The van der Waals surface area contributed by atoms with Gasteiger partial charge in [-0.2, -0.15) is 4.31 Å². The normalized spacial score (nSPS) is 36.5. The van der Waals surface area contributed by atoms with Crippen LogP contribution in [-0.2, 0) is 31.5 Å². The van der Waals surface area contributed by atoms with Crippen molar-refractivity contribution in [1.82, 2.24) is 0 Å². The summed E-state index contributed by atoms with van der Waals surface area (Å²) >= 11 is 0. The summed E-state index contributed by atoms with van der Waals surface area (Å²) in [6.07, 6.45) is -2.31. The molecule has 2 fully saturated rings. The first kappa shape index (κ1) is 15.2. The molecule has 2 saturated heterocycles. The van der Waals surface area contributed by atoms with Crippen molar-refractivity contribution in [2.75, 3.05) is 0 Å². The molecule has 2 bridgehead atoms. The number of hydrogen-bond donors (Lipinski definition) is 0. The van der Waals surface area contributed by atoms with E-state index in [2.05, 4.69) is 0 Å². The largest absolute Gasteiger partial charge is 0.488 e. The summed E-state index contributed by atoms with van der Waals surface area (Å²) in [7, 11) is -8.17. The standard InChI is InChI=1S/C14H12O7P2/c15-22-17-13(11-7-3-1-4-8-11)18-23(16,21-22)20-14(19-22)12-9-5-2-6-10-12/h1-10,13-14H. The molecule has 2 aromatic carbocycles. The van der Waals surface area contributed by atoms with E-state index in [9.17, 15) is 9.13 Å². The lowest BCUT2D eigenvalue weighted by Crippen LogP contribution is -2.23. The molecule has 2 heterocycles. The van der Waals surface area contributed by atoms with Gasteiger partial charge in [0.1, 0.15) is 0 Å². The van der Waals surface area contributed by atoms with Crippen molar-refractivity contribution in [2.45, 2.75) is 12.6 Å². The maximum Gasteiger partial charge on any atom is 0.488 e. The molecule has 0 atom stereocenters. The molecule has 9 heteroatoms. The van der Waals surface area contributed by atoms with Gasteiger partial charge in [-0.1, -0.05) is 60.7 Å². The Morgan fingerprint density at radius 2 is 0.957 bits per heavy atom. The lowest BCUT2D eigenvalue weighted by molar-refractivity contribution is -0.149. The van der Waals surface area contributed by atoms with Crippen LogP contribution in [0.4, 0.5) is 0 Å². The van der Waals surface area contributed by atoms with E-state index in [1.165, 1.54) is 0 Å². The van der Waals surface area contributed by atoms with Crippen molar-refractivity contribution in [3.05, 3.63) is 71.8 Å². The number of phosphoric ester groups is 2. The Bertz CT molecular complexity index is 708. The second-order valence-electron chi connectivity index (χ2n) is 4.88. The number of hydrogen-bond acceptors (Lipinski definition) is 7. The predicted octanol–water partition coefficient (Wildman–Crippen LogP) is 4.71. The minimum atomic E-state index is -4.09. The molecule has 2 aliphatic rings. The molecule has 0 radical (unpaired) electrons. The van der Waals surface area contributed by atoms with Crippen LogP contribution in [0.5, 0.6) is 0 Å². The van der Waals surface area contributed by atoms with Gasteiger partial charge in [0, 0.05) is 11.1 Å². The van der Waals surface area contributed by atoms with Gasteiger partial charge in [0.15, 0.2) is 0 Å². The highest BCUT2D eigenvalue weighted by molar-refractivity contribution is 7.63. The van der Waals surface area contributed by atoms with E-state index in [0.717, 1.165) is 0 Å². The van der Waals surface area contributed by atoms with Crippen LogP contribution in [0.15, 0.2) is 60.7 Å². The minimum absolute atomic E-state index is 0.529. The van der Waals surface area contributed by atoms with Gasteiger partial charge >= 0.3 is 15.6 Å². The van der Waals surface area contributed by atoms with Gasteiger partial charge in [0.25, 0.3) is 0 Å². The molecule has 23 heavy (non-hydrogen) atoms. The summed E-state index contributed by atoms with van der Waals surface area (Å²) in [5, 5.41) is 0. The van der Waals surface area contributed by atoms with E-state index < -0.39 is 28.2 Å². The molecule has 0 amide bonds. The van der Waals surface area contributed by atoms with E-state index in [4.69, 9.17) is 22.4 Å². The summed E-state index contributed by atoms with van der Waals surface area (Å²) in [4.78, 5) is 0. The maximum absolute atomic E-state index is 12.6. The average Bonchev–Trinajstić information content (AvgIpc) is 2.54. The van der Waals surface area contributed by atoms with Crippen LogP contribution in [0.2, 0.25) is 0 Å². The van der Waals surface area contributed by atoms with Crippen LogP contribution in [-0.4, -0.2) is 0 Å². The van der Waals surface area contributed by atoms with Gasteiger partial charge in [0.2, 0.25) is 12.6 Å². The molecule has 0 spiro atoms. The van der Waals surface area contributed by atoms with Crippen molar-refractivity contribution >= 4 is 15.6 Å². The molecule has 0 N–H and O–H groups in total. The molecule has 2 aliphatic heterocycles. The van der Waals surface area contributed by atoms with Gasteiger partial charge < -0.3 is 0 Å². The second kappa shape index (κ2) is 5.65. The van der Waals surface area contributed by atoms with Crippen molar-refractivity contribution < 1.29 is 31.5 Å². The minimum Gasteiger partial charge on any atom is -0.251 e. The zero-order valence-corrected chi connectivity index (χ0v) is 13.5. The summed E-state index contributed by atoms with van der Waals surface area (Å²) in [5.41, 5.74) is 1.06. The van der Waals surface area contributed by atoms with E-state index in [1.807, 2.05) is 0 Å². The molecule has 0 unspecified atom stereocenters. The first-order valence-corrected chi connectivity index (χ1v) is 9.72. The first-order valence-electron chi connectivity index (χ1n) is 6.80. The Labute approximate surface area is 132 Å². The number of rotatable bonds is 2. The Morgan fingerprint density at radius 1 is 0.609 bits per heavy atom. The highest BCUT2D eigenvalue weighted by Gasteiger charge is 2.57. The average molecular weight is 354 g/mol. The zero-order chi connectivity index (χ0) is 15.9. The van der Waals surface area contributed by atoms with Crippen LogP contribution in [0.3, 0.4) is 0 Å². The molecular formula is C14H12O7P2. The van der Waals surface area contributed by atoms with Crippen LogP contribution in [0.25, 0.3) is 0 Å². The van der Waals surface area contributed by atoms with Gasteiger partial charge in [-0.05, 0) is 0 Å². The third kappa shape index (κ3) is 3.05. The third-order valence-electron chi connectivity index (χ3n) is 3.24. The Morgan fingerprint density at radius 3 is 1.30 bits per heavy atom. The van der Waals surface area contributed by atoms with Gasteiger partial charge in [0.05, 0.1) is 0 Å². The fraction of sp³-hybridized carbons (Fsp3) is 0.143. The van der Waals surface area contributed by atoms with E-state index >= 15 is 0 Å². The monoisotopic (exact) mass is 354 g/mol. The van der Waals surface area contributed by atoms with Crippen molar-refractivity contribution in [2.24, 2.45) is 0 Å². The summed E-state index contributed by atoms with van der Waals surface area (Å²) in [5.74, 6) is 0. The first-order chi connectivity index (χ1) is 11.1. The predicted molar refractivity (Wildman–Crippen MR) is 79.0 cm³/mol. The van der Waals surface area contributed by atoms with Gasteiger partial charge in [-0.3, -0.25) is 18.1 Å². The third-order valence-corrected chi connectivity index (χ3v) is 6.64. The lowest BCUT2D eigenvalue weighted by atomic mass is 10.2. The topological polar surface area (TPSA) is 80.3 Å². The highest BCUT2D eigenvalue weighted by Crippen LogP contribution is 2.79. The quantitative estimate of drug-likeness (QED) is 0.723. The van der Waals surface area contributed by atoms with E-state index in [0.29, 0.717) is 11.1 Å². The zero-order valence-electron chi connectivity index (χ0n) is 11.7. The highest BCUT2D eigenvalue weighted by atomic mass is 31.3. The van der Waals surface area contributed by atoms with Crippen LogP contribution in [0, 0.1) is 0 Å². The van der Waals surface area contributed by atoms with Crippen LogP contribution >= 0.6 is 15.6 Å². The molecule has 120 valence electrons. The molecule has 2 aromatic rings. The Balaban J connectivity index is 1.65. The number of phosphoric acid groups is 2. The summed E-state index contributed by atoms with van der Waals surface area (Å²) in [6.45, 7) is 0. The molecule has 4 rings (SSSR count).